The van der Waals surface area contributed by atoms with Gasteiger partial charge in [-0.05, 0) is 22.8 Å². The van der Waals surface area contributed by atoms with Crippen LogP contribution in [0, 0.1) is 0 Å². The van der Waals surface area contributed by atoms with Crippen LogP contribution < -0.4 is 0 Å². The number of ether oxygens (including phenoxy) is 1. The first-order chi connectivity index (χ1) is 8.81. The third kappa shape index (κ3) is 3.08. The Morgan fingerprint density at radius 2 is 1.89 bits per heavy atom. The van der Waals surface area contributed by atoms with Gasteiger partial charge in [-0.1, -0.05) is 42.5 Å². The van der Waals surface area contributed by atoms with E-state index >= 15 is 0 Å². The molecule has 0 fully saturated rings. The molecule has 1 N–H and O–H groups in total. The molecule has 2 aromatic rings. The molecule has 0 radical (unpaired) electrons. The van der Waals surface area contributed by atoms with Gasteiger partial charge in [0.25, 0.3) is 0 Å². The molecule has 3 heteroatoms. The van der Waals surface area contributed by atoms with Crippen LogP contribution in [0.4, 0.5) is 0 Å². The Bertz CT molecular complexity index is 529. The van der Waals surface area contributed by atoms with Crippen molar-refractivity contribution in [2.45, 2.75) is 19.4 Å². The Labute approximate surface area is 106 Å². The van der Waals surface area contributed by atoms with E-state index in [1.54, 1.807) is 0 Å². The zero-order valence-electron chi connectivity index (χ0n) is 10.1. The standard InChI is InChI=1S/C15H16O3/c16-10-4-9-15(17)18-11-13-7-3-6-12-5-1-2-8-14(12)13/h1-3,5-8,16H,4,9-11H2. The molecule has 0 heterocycles. The van der Waals surface area contributed by atoms with Gasteiger partial charge >= 0.3 is 5.97 Å². The van der Waals surface area contributed by atoms with Crippen LogP contribution in [-0.4, -0.2) is 17.7 Å². The summed E-state index contributed by atoms with van der Waals surface area (Å²) < 4.78 is 5.19. The van der Waals surface area contributed by atoms with Crippen molar-refractivity contribution in [1.29, 1.82) is 0 Å². The first kappa shape index (κ1) is 12.6. The summed E-state index contributed by atoms with van der Waals surface area (Å²) in [5, 5.41) is 10.9. The number of carbonyl (C=O) groups is 1. The third-order valence-corrected chi connectivity index (χ3v) is 2.81. The highest BCUT2D eigenvalue weighted by molar-refractivity contribution is 5.85. The molecule has 0 aliphatic rings. The summed E-state index contributed by atoms with van der Waals surface area (Å²) in [6.45, 7) is 0.301. The SMILES string of the molecule is O=C(CCCO)OCc1cccc2ccccc12. The molecule has 0 amide bonds. The highest BCUT2D eigenvalue weighted by Crippen LogP contribution is 2.19. The van der Waals surface area contributed by atoms with Crippen molar-refractivity contribution >= 4 is 16.7 Å². The fourth-order valence-corrected chi connectivity index (χ4v) is 1.87. The van der Waals surface area contributed by atoms with Gasteiger partial charge in [0, 0.05) is 13.0 Å². The van der Waals surface area contributed by atoms with Gasteiger partial charge in [-0.2, -0.15) is 0 Å². The molecule has 0 spiro atoms. The Hall–Kier alpha value is -1.87. The lowest BCUT2D eigenvalue weighted by molar-refractivity contribution is -0.145. The van der Waals surface area contributed by atoms with E-state index in [0.29, 0.717) is 6.42 Å². The van der Waals surface area contributed by atoms with E-state index in [1.165, 1.54) is 0 Å². The van der Waals surface area contributed by atoms with Gasteiger partial charge in [-0.15, -0.1) is 0 Å². The molecule has 3 nitrogen and oxygen atoms in total. The smallest absolute Gasteiger partial charge is 0.306 e. The fourth-order valence-electron chi connectivity index (χ4n) is 1.87. The lowest BCUT2D eigenvalue weighted by Crippen LogP contribution is -2.05. The second-order valence-corrected chi connectivity index (χ2v) is 4.13. The number of rotatable bonds is 5. The van der Waals surface area contributed by atoms with Crippen LogP contribution in [-0.2, 0) is 16.1 Å². The van der Waals surface area contributed by atoms with Gasteiger partial charge in [0.15, 0.2) is 0 Å². The molecule has 0 saturated carbocycles. The van der Waals surface area contributed by atoms with Crippen molar-refractivity contribution in [3.8, 4) is 0 Å². The van der Waals surface area contributed by atoms with Crippen molar-refractivity contribution in [3.05, 3.63) is 48.0 Å². The number of fused-ring (bicyclic) bond motifs is 1. The van der Waals surface area contributed by atoms with Crippen LogP contribution in [0.1, 0.15) is 18.4 Å². The summed E-state index contributed by atoms with van der Waals surface area (Å²) in [5.74, 6) is -0.267. The molecule has 0 unspecified atom stereocenters. The van der Waals surface area contributed by atoms with Crippen molar-refractivity contribution < 1.29 is 14.6 Å². The Morgan fingerprint density at radius 3 is 2.72 bits per heavy atom. The molecule has 18 heavy (non-hydrogen) atoms. The van der Waals surface area contributed by atoms with E-state index in [2.05, 4.69) is 0 Å². The van der Waals surface area contributed by atoms with Gasteiger partial charge in [0.1, 0.15) is 6.61 Å². The van der Waals surface area contributed by atoms with Crippen LogP contribution in [0.15, 0.2) is 42.5 Å². The first-order valence-corrected chi connectivity index (χ1v) is 6.04. The van der Waals surface area contributed by atoms with Crippen LogP contribution in [0.5, 0.6) is 0 Å². The van der Waals surface area contributed by atoms with E-state index < -0.39 is 0 Å². The third-order valence-electron chi connectivity index (χ3n) is 2.81. The van der Waals surface area contributed by atoms with Crippen molar-refractivity contribution in [1.82, 2.24) is 0 Å². The predicted molar refractivity (Wildman–Crippen MR) is 70.1 cm³/mol. The number of aliphatic hydroxyl groups is 1. The molecule has 0 saturated heterocycles. The molecule has 94 valence electrons. The average molecular weight is 244 g/mol. The maximum atomic E-state index is 11.4. The molecule has 2 rings (SSSR count). The van der Waals surface area contributed by atoms with Crippen molar-refractivity contribution in [2.75, 3.05) is 6.61 Å². The molecule has 2 aromatic carbocycles. The molecule has 0 bridgehead atoms. The van der Waals surface area contributed by atoms with E-state index in [4.69, 9.17) is 9.84 Å². The second kappa shape index (κ2) is 6.17. The summed E-state index contributed by atoms with van der Waals surface area (Å²) >= 11 is 0. The summed E-state index contributed by atoms with van der Waals surface area (Å²) in [6, 6.07) is 14.0. The van der Waals surface area contributed by atoms with Crippen LogP contribution in [0.3, 0.4) is 0 Å². The van der Waals surface area contributed by atoms with Gasteiger partial charge in [-0.25, -0.2) is 0 Å². The average Bonchev–Trinajstić information content (AvgIpc) is 2.42. The maximum Gasteiger partial charge on any atom is 0.306 e. The Morgan fingerprint density at radius 1 is 1.11 bits per heavy atom. The number of hydrogen-bond donors (Lipinski definition) is 1. The molecular formula is C15H16O3. The van der Waals surface area contributed by atoms with E-state index in [-0.39, 0.29) is 25.6 Å². The minimum atomic E-state index is -0.267. The molecule has 0 aliphatic heterocycles. The monoisotopic (exact) mass is 244 g/mol. The Kier molecular flexibility index (Phi) is 4.31. The number of aliphatic hydroxyl groups excluding tert-OH is 1. The number of hydrogen-bond acceptors (Lipinski definition) is 3. The summed E-state index contributed by atoms with van der Waals surface area (Å²) in [7, 11) is 0. The Balaban J connectivity index is 2.05. The minimum Gasteiger partial charge on any atom is -0.461 e. The van der Waals surface area contributed by atoms with Gasteiger partial charge in [0.2, 0.25) is 0 Å². The summed E-state index contributed by atoms with van der Waals surface area (Å²) in [6.07, 6.45) is 0.718. The van der Waals surface area contributed by atoms with E-state index in [0.717, 1.165) is 16.3 Å². The zero-order valence-corrected chi connectivity index (χ0v) is 10.1. The summed E-state index contributed by atoms with van der Waals surface area (Å²) in [4.78, 5) is 11.4. The molecule has 0 aromatic heterocycles. The normalized spacial score (nSPS) is 10.5. The highest BCUT2D eigenvalue weighted by atomic mass is 16.5. The molecular weight excluding hydrogens is 228 g/mol. The van der Waals surface area contributed by atoms with Crippen LogP contribution in [0.25, 0.3) is 10.8 Å². The van der Waals surface area contributed by atoms with Gasteiger partial charge in [-0.3, -0.25) is 4.79 Å². The second-order valence-electron chi connectivity index (χ2n) is 4.13. The fraction of sp³-hybridized carbons (Fsp3) is 0.267. The minimum absolute atomic E-state index is 0.0172. The van der Waals surface area contributed by atoms with Crippen LogP contribution >= 0.6 is 0 Å². The molecule has 0 atom stereocenters. The molecule has 0 aliphatic carbocycles. The number of carbonyl (C=O) groups excluding carboxylic acids is 1. The quantitative estimate of drug-likeness (QED) is 0.822. The topological polar surface area (TPSA) is 46.5 Å². The maximum absolute atomic E-state index is 11.4. The van der Waals surface area contributed by atoms with Crippen molar-refractivity contribution in [3.63, 3.8) is 0 Å². The lowest BCUT2D eigenvalue weighted by Gasteiger charge is -2.07. The zero-order chi connectivity index (χ0) is 12.8. The van der Waals surface area contributed by atoms with Crippen LogP contribution in [0.2, 0.25) is 0 Å². The first-order valence-electron chi connectivity index (χ1n) is 6.04. The van der Waals surface area contributed by atoms with E-state index in [9.17, 15) is 4.79 Å². The van der Waals surface area contributed by atoms with Gasteiger partial charge in [0.05, 0.1) is 0 Å². The summed E-state index contributed by atoms with van der Waals surface area (Å²) in [5.41, 5.74) is 1.01. The highest BCUT2D eigenvalue weighted by Gasteiger charge is 2.05. The van der Waals surface area contributed by atoms with Gasteiger partial charge < -0.3 is 9.84 Å². The number of benzene rings is 2. The predicted octanol–water partition coefficient (Wildman–Crippen LogP) is 2.66. The van der Waals surface area contributed by atoms with Crippen molar-refractivity contribution in [2.24, 2.45) is 0 Å². The largest absolute Gasteiger partial charge is 0.461 e. The number of esters is 1. The lowest BCUT2D eigenvalue weighted by atomic mass is 10.1. The van der Waals surface area contributed by atoms with E-state index in [1.807, 2.05) is 42.5 Å².